The van der Waals surface area contributed by atoms with Crippen LogP contribution in [-0.2, 0) is 0 Å². The fourth-order valence-electron chi connectivity index (χ4n) is 2.79. The van der Waals surface area contributed by atoms with Crippen LogP contribution in [0.3, 0.4) is 0 Å². The summed E-state index contributed by atoms with van der Waals surface area (Å²) in [5.74, 6) is 0. The molecule has 0 heterocycles. The largest absolute Gasteiger partial charge is 0.326 e. The highest BCUT2D eigenvalue weighted by Crippen LogP contribution is 2.21. The second-order valence-corrected chi connectivity index (χ2v) is 4.91. The number of hydrogen-bond acceptors (Lipinski definition) is 2. The first-order chi connectivity index (χ1) is 7.29. The maximum Gasteiger partial charge on any atom is 0.0247 e. The van der Waals surface area contributed by atoms with Gasteiger partial charge in [0.15, 0.2) is 0 Å². The van der Waals surface area contributed by atoms with E-state index in [1.54, 1.807) is 0 Å². The van der Waals surface area contributed by atoms with E-state index < -0.39 is 0 Å². The molecule has 2 N–H and O–H groups in total. The first-order valence-electron chi connectivity index (χ1n) is 6.79. The molecular formula is C13H28N2. The zero-order valence-corrected chi connectivity index (χ0v) is 10.5. The van der Waals surface area contributed by atoms with Crippen LogP contribution in [0.15, 0.2) is 0 Å². The first kappa shape index (κ1) is 13.0. The van der Waals surface area contributed by atoms with Crippen molar-refractivity contribution in [2.45, 2.75) is 70.9 Å². The van der Waals surface area contributed by atoms with Crippen LogP contribution >= 0.6 is 0 Å². The van der Waals surface area contributed by atoms with Gasteiger partial charge in [-0.05, 0) is 38.8 Å². The molecule has 0 aromatic rings. The van der Waals surface area contributed by atoms with Gasteiger partial charge >= 0.3 is 0 Å². The van der Waals surface area contributed by atoms with E-state index in [1.807, 2.05) is 0 Å². The molecule has 2 atom stereocenters. The summed E-state index contributed by atoms with van der Waals surface area (Å²) in [5, 5.41) is 0. The minimum Gasteiger partial charge on any atom is -0.326 e. The fourth-order valence-corrected chi connectivity index (χ4v) is 2.79. The van der Waals surface area contributed by atoms with Gasteiger partial charge in [-0.2, -0.15) is 0 Å². The molecule has 0 amide bonds. The molecule has 0 aromatic carbocycles. The smallest absolute Gasteiger partial charge is 0.0247 e. The minimum atomic E-state index is 0.422. The van der Waals surface area contributed by atoms with Crippen LogP contribution in [-0.4, -0.2) is 30.1 Å². The summed E-state index contributed by atoms with van der Waals surface area (Å²) >= 11 is 0. The summed E-state index contributed by atoms with van der Waals surface area (Å²) in [4.78, 5) is 2.63. The molecule has 1 rings (SSSR count). The normalized spacial score (nSPS) is 28.0. The maximum atomic E-state index is 6.30. The van der Waals surface area contributed by atoms with Gasteiger partial charge in [-0.1, -0.05) is 33.1 Å². The van der Waals surface area contributed by atoms with Gasteiger partial charge in [0.25, 0.3) is 0 Å². The highest BCUT2D eigenvalue weighted by molar-refractivity contribution is 4.84. The third-order valence-corrected chi connectivity index (χ3v) is 3.52. The average molecular weight is 212 g/mol. The summed E-state index contributed by atoms with van der Waals surface area (Å²) < 4.78 is 0. The lowest BCUT2D eigenvalue weighted by Crippen LogP contribution is -2.47. The van der Waals surface area contributed by atoms with Crippen molar-refractivity contribution in [3.63, 3.8) is 0 Å². The highest BCUT2D eigenvalue weighted by Gasteiger charge is 2.25. The highest BCUT2D eigenvalue weighted by atomic mass is 15.2. The van der Waals surface area contributed by atoms with Crippen LogP contribution in [0.1, 0.15) is 58.8 Å². The molecule has 1 saturated carbocycles. The van der Waals surface area contributed by atoms with E-state index in [0.717, 1.165) is 0 Å². The predicted molar refractivity (Wildman–Crippen MR) is 67.0 cm³/mol. The van der Waals surface area contributed by atoms with Crippen LogP contribution in [0.5, 0.6) is 0 Å². The molecule has 1 aliphatic rings. The zero-order chi connectivity index (χ0) is 11.1. The third-order valence-electron chi connectivity index (χ3n) is 3.52. The average Bonchev–Trinajstić information content (AvgIpc) is 2.43. The second kappa shape index (κ2) is 7.24. The summed E-state index contributed by atoms with van der Waals surface area (Å²) in [6, 6.07) is 1.08. The van der Waals surface area contributed by atoms with Crippen molar-refractivity contribution in [1.29, 1.82) is 0 Å². The van der Waals surface area contributed by atoms with Gasteiger partial charge in [-0.15, -0.1) is 0 Å². The van der Waals surface area contributed by atoms with E-state index in [-0.39, 0.29) is 0 Å². The molecular weight excluding hydrogens is 184 g/mol. The van der Waals surface area contributed by atoms with Crippen molar-refractivity contribution in [1.82, 2.24) is 4.90 Å². The minimum absolute atomic E-state index is 0.422. The number of hydrogen-bond donors (Lipinski definition) is 1. The lowest BCUT2D eigenvalue weighted by atomic mass is 10.0. The van der Waals surface area contributed by atoms with Crippen LogP contribution in [0.4, 0.5) is 0 Å². The summed E-state index contributed by atoms with van der Waals surface area (Å²) in [6.45, 7) is 6.99. The molecule has 2 unspecified atom stereocenters. The van der Waals surface area contributed by atoms with E-state index in [2.05, 4.69) is 18.7 Å². The zero-order valence-electron chi connectivity index (χ0n) is 10.5. The monoisotopic (exact) mass is 212 g/mol. The Kier molecular flexibility index (Phi) is 6.26. The number of rotatable bonds is 5. The van der Waals surface area contributed by atoms with Crippen LogP contribution < -0.4 is 5.73 Å². The topological polar surface area (TPSA) is 29.3 Å². The Balaban J connectivity index is 2.52. The Morgan fingerprint density at radius 2 is 1.60 bits per heavy atom. The van der Waals surface area contributed by atoms with Gasteiger partial charge in [-0.25, -0.2) is 0 Å². The summed E-state index contributed by atoms with van der Waals surface area (Å²) in [7, 11) is 0. The lowest BCUT2D eigenvalue weighted by Gasteiger charge is -2.34. The quantitative estimate of drug-likeness (QED) is 0.710. The van der Waals surface area contributed by atoms with Gasteiger partial charge in [0.1, 0.15) is 0 Å². The molecule has 90 valence electrons. The first-order valence-corrected chi connectivity index (χ1v) is 6.79. The molecule has 0 radical (unpaired) electrons. The molecule has 0 bridgehead atoms. The Labute approximate surface area is 95.2 Å². The van der Waals surface area contributed by atoms with Crippen molar-refractivity contribution < 1.29 is 0 Å². The van der Waals surface area contributed by atoms with Crippen molar-refractivity contribution in [2.24, 2.45) is 5.73 Å². The molecule has 0 aromatic heterocycles. The molecule has 1 aliphatic carbocycles. The van der Waals surface area contributed by atoms with E-state index >= 15 is 0 Å². The molecule has 2 nitrogen and oxygen atoms in total. The van der Waals surface area contributed by atoms with Crippen LogP contribution in [0.2, 0.25) is 0 Å². The van der Waals surface area contributed by atoms with Gasteiger partial charge in [-0.3, -0.25) is 4.90 Å². The number of nitrogens with two attached hydrogens (primary N) is 1. The van der Waals surface area contributed by atoms with Crippen molar-refractivity contribution in [2.75, 3.05) is 13.1 Å². The molecule has 2 heteroatoms. The Morgan fingerprint density at radius 1 is 1.00 bits per heavy atom. The van der Waals surface area contributed by atoms with Gasteiger partial charge in [0.2, 0.25) is 0 Å². The third kappa shape index (κ3) is 4.12. The van der Waals surface area contributed by atoms with Crippen LogP contribution in [0.25, 0.3) is 0 Å². The molecule has 0 spiro atoms. The second-order valence-electron chi connectivity index (χ2n) is 4.91. The summed E-state index contributed by atoms with van der Waals surface area (Å²) in [6.07, 6.45) is 9.16. The van der Waals surface area contributed by atoms with Crippen molar-refractivity contribution >= 4 is 0 Å². The van der Waals surface area contributed by atoms with E-state index in [9.17, 15) is 0 Å². The fraction of sp³-hybridized carbons (Fsp3) is 1.00. The predicted octanol–water partition coefficient (Wildman–Crippen LogP) is 2.77. The Hall–Kier alpha value is -0.0800. The SMILES string of the molecule is CCCN(CCC)C1CCCCCC1N. The standard InChI is InChI=1S/C13H28N2/c1-3-10-15(11-4-2)13-9-7-5-6-8-12(13)14/h12-13H,3-11,14H2,1-2H3. The van der Waals surface area contributed by atoms with Gasteiger partial charge in [0.05, 0.1) is 0 Å². The van der Waals surface area contributed by atoms with Crippen molar-refractivity contribution in [3.05, 3.63) is 0 Å². The molecule has 0 saturated heterocycles. The number of nitrogens with zero attached hydrogens (tertiary/aromatic N) is 1. The van der Waals surface area contributed by atoms with E-state index in [1.165, 1.54) is 58.0 Å². The van der Waals surface area contributed by atoms with E-state index in [4.69, 9.17) is 5.73 Å². The lowest BCUT2D eigenvalue weighted by molar-refractivity contribution is 0.162. The molecule has 1 fully saturated rings. The summed E-state index contributed by atoms with van der Waals surface area (Å²) in [5.41, 5.74) is 6.30. The van der Waals surface area contributed by atoms with Gasteiger partial charge in [0, 0.05) is 12.1 Å². The Morgan fingerprint density at radius 3 is 2.20 bits per heavy atom. The Bertz CT molecular complexity index is 153. The molecule has 0 aliphatic heterocycles. The van der Waals surface area contributed by atoms with Crippen LogP contribution in [0, 0.1) is 0 Å². The maximum absolute atomic E-state index is 6.30. The van der Waals surface area contributed by atoms with E-state index in [0.29, 0.717) is 12.1 Å². The van der Waals surface area contributed by atoms with Crippen molar-refractivity contribution in [3.8, 4) is 0 Å². The van der Waals surface area contributed by atoms with Gasteiger partial charge < -0.3 is 5.73 Å². The molecule has 15 heavy (non-hydrogen) atoms.